The van der Waals surface area contributed by atoms with Crippen LogP contribution in [-0.4, -0.2) is 303 Å². The Bertz CT molecular complexity index is 3340. The molecular formula is C74H110O32. The topological polar surface area (TPSA) is 495 Å². The smallest absolute Gasteiger partial charge is 0.335 e. The molecule has 598 valence electrons. The molecule has 1 spiro atoms. The Labute approximate surface area is 613 Å². The Hall–Kier alpha value is -3.93. The van der Waals surface area contributed by atoms with E-state index in [1.807, 2.05) is 58.0 Å². The molecule has 16 N–H and O–H groups in total. The third kappa shape index (κ3) is 13.3. The maximum atomic E-state index is 14.3. The van der Waals surface area contributed by atoms with Crippen LogP contribution < -0.4 is 0 Å². The van der Waals surface area contributed by atoms with Crippen molar-refractivity contribution in [2.75, 3.05) is 13.2 Å². The summed E-state index contributed by atoms with van der Waals surface area (Å²) < 4.78 is 82.1. The second kappa shape index (κ2) is 30.2. The highest BCUT2D eigenvalue weighted by Crippen LogP contribution is 2.82. The molecule has 1 aromatic rings. The lowest BCUT2D eigenvalue weighted by atomic mass is 9.30. The van der Waals surface area contributed by atoms with Crippen LogP contribution in [-0.2, 0) is 76.0 Å². The van der Waals surface area contributed by atoms with Crippen LogP contribution in [0.4, 0.5) is 0 Å². The van der Waals surface area contributed by atoms with E-state index in [2.05, 4.69) is 20.8 Å². The Kier molecular flexibility index (Phi) is 23.2. The molecule has 2 bridgehead atoms. The zero-order valence-corrected chi connectivity index (χ0v) is 61.4. The molecule has 11 fully saturated rings. The summed E-state index contributed by atoms with van der Waals surface area (Å²) in [5, 5.41) is 182. The number of aliphatic carboxylic acids is 1. The van der Waals surface area contributed by atoms with Crippen LogP contribution >= 0.6 is 0 Å². The number of benzene rings is 1. The maximum Gasteiger partial charge on any atom is 0.335 e. The van der Waals surface area contributed by atoms with Gasteiger partial charge in [0.2, 0.25) is 0 Å². The summed E-state index contributed by atoms with van der Waals surface area (Å²) in [5.74, 6) is -4.20. The first-order valence-corrected chi connectivity index (χ1v) is 37.0. The number of aliphatic hydroxyl groups is 15. The molecule has 1 aromatic carbocycles. The number of carboxylic acids is 1. The van der Waals surface area contributed by atoms with Crippen LogP contribution in [0.15, 0.2) is 48.1 Å². The first-order chi connectivity index (χ1) is 49.7. The van der Waals surface area contributed by atoms with Gasteiger partial charge in [-0.05, 0) is 119 Å². The van der Waals surface area contributed by atoms with Gasteiger partial charge in [-0.1, -0.05) is 84.9 Å². The van der Waals surface area contributed by atoms with Gasteiger partial charge in [-0.2, -0.15) is 0 Å². The average Bonchev–Trinajstić information content (AvgIpc) is 1.39. The van der Waals surface area contributed by atoms with Crippen molar-refractivity contribution >= 4 is 24.0 Å². The lowest BCUT2D eigenvalue weighted by molar-refractivity contribution is -0.412. The van der Waals surface area contributed by atoms with E-state index in [1.54, 1.807) is 26.0 Å². The zero-order valence-electron chi connectivity index (χ0n) is 61.4. The minimum Gasteiger partial charge on any atom is -0.479 e. The lowest BCUT2D eigenvalue weighted by Gasteiger charge is -2.75. The number of allylic oxidation sites excluding steroid dienone is 1. The summed E-state index contributed by atoms with van der Waals surface area (Å²) in [6, 6.07) is 9.10. The molecule has 5 saturated carbocycles. The molecule has 0 amide bonds. The van der Waals surface area contributed by atoms with E-state index in [1.165, 1.54) is 19.9 Å². The molecule has 6 aliphatic heterocycles. The molecular weight excluding hydrogens is 1400 g/mol. The average molecular weight is 1510 g/mol. The van der Waals surface area contributed by atoms with E-state index in [4.69, 9.17) is 61.6 Å². The summed E-state index contributed by atoms with van der Waals surface area (Å²) in [6.07, 6.45) is -47.3. The Morgan fingerprint density at radius 1 is 0.538 bits per heavy atom. The summed E-state index contributed by atoms with van der Waals surface area (Å²) in [5.41, 5.74) is -5.73. The number of hydrogen-bond donors (Lipinski definition) is 16. The van der Waals surface area contributed by atoms with Crippen molar-refractivity contribution in [1.29, 1.82) is 0 Å². The monoisotopic (exact) mass is 1510 g/mol. The van der Waals surface area contributed by atoms with Crippen molar-refractivity contribution in [3.8, 4) is 0 Å². The van der Waals surface area contributed by atoms with Gasteiger partial charge in [0.15, 0.2) is 49.9 Å². The minimum atomic E-state index is -2.38. The highest BCUT2D eigenvalue weighted by atomic mass is 16.8. The number of carbonyl (C=O) groups excluding carboxylic acids is 2. The van der Waals surface area contributed by atoms with Crippen molar-refractivity contribution in [3.05, 3.63) is 53.6 Å². The number of fused-ring (bicyclic) bond motifs is 4. The van der Waals surface area contributed by atoms with Gasteiger partial charge in [-0.3, -0.25) is 0 Å². The van der Waals surface area contributed by atoms with E-state index in [-0.39, 0.29) is 24.7 Å². The van der Waals surface area contributed by atoms with Gasteiger partial charge in [-0.25, -0.2) is 14.4 Å². The number of rotatable bonds is 18. The van der Waals surface area contributed by atoms with Crippen molar-refractivity contribution in [1.82, 2.24) is 0 Å². The first kappa shape index (κ1) is 81.6. The molecule has 5 aliphatic carbocycles. The maximum absolute atomic E-state index is 14.3. The SMILES string of the molecule is C/C=C(/C)C(=O)O[C@H]1[C@H](OC(=O)/C=C\c2ccccc2)[C@@]23C(CC1(C)C)[C@]1(CCC4[C@@]5(C)CC[C@H](O[C@@H]6OC(C(=O)O)[C@@H](O)C(O[C@@H]7OC(CO)[C@H](O)C(O)[C@@H]7OC7O[C@@H](C)C(O)[C@H](O)C7OC7O[C@@H](C)[C@H](O)C(O)[C@@H]7O)[C@@H]6O[C@@H]6OC(CO)[C@@H](O)C(O)[C@@H]6O)C(C)(C)C5CC[C@@]4(C)[C@]1(C)C[C@H]2O)O[C@@H]3O. The van der Waals surface area contributed by atoms with E-state index in [0.717, 1.165) is 0 Å². The number of esters is 2. The Balaban J connectivity index is 0.856. The van der Waals surface area contributed by atoms with Gasteiger partial charge in [0.05, 0.1) is 48.6 Å². The molecule has 32 nitrogen and oxygen atoms in total. The van der Waals surface area contributed by atoms with Crippen molar-refractivity contribution in [3.63, 3.8) is 0 Å². The van der Waals surface area contributed by atoms with E-state index in [0.29, 0.717) is 49.7 Å². The van der Waals surface area contributed by atoms with Crippen molar-refractivity contribution in [2.45, 2.75) is 317 Å². The molecule has 38 atom stereocenters. The van der Waals surface area contributed by atoms with Gasteiger partial charge in [-0.15, -0.1) is 0 Å². The third-order valence-corrected chi connectivity index (χ3v) is 27.3. The quantitative estimate of drug-likeness (QED) is 0.0460. The Morgan fingerprint density at radius 2 is 1.07 bits per heavy atom. The molecule has 106 heavy (non-hydrogen) atoms. The van der Waals surface area contributed by atoms with E-state index >= 15 is 0 Å². The third-order valence-electron chi connectivity index (χ3n) is 27.3. The molecule has 6 saturated heterocycles. The minimum absolute atomic E-state index is 0.0915. The van der Waals surface area contributed by atoms with Crippen LogP contribution in [0.3, 0.4) is 0 Å². The van der Waals surface area contributed by atoms with Crippen LogP contribution in [0.1, 0.15) is 133 Å². The number of hydrogen-bond acceptors (Lipinski definition) is 31. The highest BCUT2D eigenvalue weighted by molar-refractivity contribution is 5.88. The molecule has 0 aromatic heterocycles. The second-order valence-corrected chi connectivity index (χ2v) is 33.6. The van der Waals surface area contributed by atoms with E-state index in [9.17, 15) is 96.1 Å². The fourth-order valence-electron chi connectivity index (χ4n) is 21.2. The van der Waals surface area contributed by atoms with E-state index < -0.39 is 259 Å². The molecule has 32 heteroatoms. The summed E-state index contributed by atoms with van der Waals surface area (Å²) in [6.45, 7) is 18.5. The van der Waals surface area contributed by atoms with Gasteiger partial charge in [0.1, 0.15) is 110 Å². The fourth-order valence-corrected chi connectivity index (χ4v) is 21.2. The number of ether oxygens (including phenoxy) is 13. The van der Waals surface area contributed by atoms with Crippen LogP contribution in [0.2, 0.25) is 0 Å². The summed E-state index contributed by atoms with van der Waals surface area (Å²) in [4.78, 5) is 41.7. The predicted octanol–water partition coefficient (Wildman–Crippen LogP) is -1.34. The summed E-state index contributed by atoms with van der Waals surface area (Å²) in [7, 11) is 0. The van der Waals surface area contributed by atoms with Gasteiger partial charge < -0.3 is 143 Å². The summed E-state index contributed by atoms with van der Waals surface area (Å²) >= 11 is 0. The number of aliphatic hydroxyl groups excluding tert-OH is 15. The second-order valence-electron chi connectivity index (χ2n) is 33.6. The highest BCUT2D eigenvalue weighted by Gasteiger charge is 2.86. The molecule has 11 aliphatic rings. The molecule has 14 unspecified atom stereocenters. The fraction of sp³-hybridized carbons (Fsp3) is 0.824. The van der Waals surface area contributed by atoms with Gasteiger partial charge in [0, 0.05) is 28.4 Å². The van der Waals surface area contributed by atoms with Gasteiger partial charge in [0.25, 0.3) is 0 Å². The van der Waals surface area contributed by atoms with Crippen LogP contribution in [0.25, 0.3) is 6.08 Å². The lowest BCUT2D eigenvalue weighted by Crippen LogP contribution is -2.77. The first-order valence-electron chi connectivity index (χ1n) is 37.0. The van der Waals surface area contributed by atoms with Crippen molar-refractivity contribution in [2.24, 2.45) is 50.2 Å². The number of carboxylic acid groups (broad SMARTS) is 1. The standard InChI is InChI=1S/C74H110O32/c1-12-30(2)61(92)105-58-59(99-41(78)19-18-33-16-14-13-15-17-33)74-38(26-68(58,5)6)73(106-67(74)93)25-21-37-70(9)23-22-40(69(7,8)36(70)20-24-71(37,10)72(73,11)27-39(74)77)98-66-57(104-63-51(88)47(84)44(81)34(28-75)96-63)53(52(89)54(101-66)60(90)91)100-65-56(49(86)45(82)35(29-76)97-65)103-64-55(48(85)43(80)32(4)95-64)102-62-50(87)46(83)42(79)31(3)94-62/h12-19,31-32,34-40,42-59,62-67,75-77,79-89,93H,20-29H2,1-11H3,(H,90,91)/b19-18-,30-12-/t31-,32-,34?,35?,36?,37?,38?,39+,40-,42-,43?,44+,45-,46?,47?,48-,49?,50-,51-,52-,53?,54?,55?,56-,57-,58-,59-,62?,63-,64?,65-,66+,67-,70-,71+,72-,73-,74+/m0/s1. The zero-order chi connectivity index (χ0) is 77.4. The van der Waals surface area contributed by atoms with Crippen molar-refractivity contribution < 1.29 is 158 Å². The van der Waals surface area contributed by atoms with Crippen LogP contribution in [0, 0.1) is 50.2 Å². The van der Waals surface area contributed by atoms with Crippen LogP contribution in [0.5, 0.6) is 0 Å². The predicted molar refractivity (Wildman–Crippen MR) is 359 cm³/mol. The Morgan fingerprint density at radius 3 is 1.69 bits per heavy atom. The largest absolute Gasteiger partial charge is 0.479 e. The molecule has 6 heterocycles. The number of carbonyl (C=O) groups is 3. The molecule has 12 rings (SSSR count). The van der Waals surface area contributed by atoms with Gasteiger partial charge >= 0.3 is 17.9 Å². The molecule has 0 radical (unpaired) electrons. The normalized spacial score (nSPS) is 51.3.